The van der Waals surface area contributed by atoms with Crippen LogP contribution >= 0.6 is 0 Å². The molecule has 1 unspecified atom stereocenters. The minimum Gasteiger partial charge on any atom is -0.381 e. The zero-order chi connectivity index (χ0) is 13.7. The summed E-state index contributed by atoms with van der Waals surface area (Å²) in [7, 11) is 0. The number of aryl methyl sites for hydroxylation is 1. The molecule has 0 bridgehead atoms. The highest BCUT2D eigenvalue weighted by Gasteiger charge is 2.23. The lowest BCUT2D eigenvalue weighted by atomic mass is 9.93. The van der Waals surface area contributed by atoms with Gasteiger partial charge in [-0.1, -0.05) is 6.92 Å². The quantitative estimate of drug-likeness (QED) is 0.842. The molecule has 0 aromatic carbocycles. The predicted octanol–water partition coefficient (Wildman–Crippen LogP) is 1.30. The number of nitrogens with one attached hydrogen (secondary N) is 2. The number of hydrogen-bond donors (Lipinski definition) is 2. The number of ether oxygens (including phenoxy) is 1. The molecule has 0 aliphatic carbocycles. The van der Waals surface area contributed by atoms with Crippen molar-refractivity contribution in [1.29, 1.82) is 0 Å². The zero-order valence-corrected chi connectivity index (χ0v) is 11.6. The number of aromatic amines is 1. The van der Waals surface area contributed by atoms with E-state index in [2.05, 4.69) is 27.4 Å². The van der Waals surface area contributed by atoms with Gasteiger partial charge in [-0.05, 0) is 32.1 Å². The highest BCUT2D eigenvalue weighted by molar-refractivity contribution is 5.90. The second kappa shape index (κ2) is 6.65. The van der Waals surface area contributed by atoms with Gasteiger partial charge >= 0.3 is 0 Å². The van der Waals surface area contributed by atoms with Gasteiger partial charge in [-0.2, -0.15) is 0 Å². The van der Waals surface area contributed by atoms with Crippen molar-refractivity contribution in [2.75, 3.05) is 13.2 Å². The van der Waals surface area contributed by atoms with E-state index in [1.807, 2.05) is 6.92 Å². The summed E-state index contributed by atoms with van der Waals surface area (Å²) < 4.78 is 5.33. The largest absolute Gasteiger partial charge is 0.381 e. The highest BCUT2D eigenvalue weighted by atomic mass is 16.5. The molecular formula is C13H22N4O2. The summed E-state index contributed by atoms with van der Waals surface area (Å²) >= 11 is 0. The summed E-state index contributed by atoms with van der Waals surface area (Å²) in [6.45, 7) is 5.67. The van der Waals surface area contributed by atoms with Crippen LogP contribution in [0.5, 0.6) is 0 Å². The minimum atomic E-state index is -0.197. The predicted molar refractivity (Wildman–Crippen MR) is 70.8 cm³/mol. The van der Waals surface area contributed by atoms with Gasteiger partial charge < -0.3 is 10.1 Å². The van der Waals surface area contributed by atoms with Gasteiger partial charge in [0.2, 0.25) is 5.82 Å². The van der Waals surface area contributed by atoms with Crippen molar-refractivity contribution in [2.45, 2.75) is 45.6 Å². The van der Waals surface area contributed by atoms with Gasteiger partial charge in [0.05, 0.1) is 0 Å². The van der Waals surface area contributed by atoms with Crippen molar-refractivity contribution < 1.29 is 9.53 Å². The topological polar surface area (TPSA) is 79.9 Å². The van der Waals surface area contributed by atoms with Crippen LogP contribution in [0.2, 0.25) is 0 Å². The molecule has 1 aliphatic rings. The molecule has 1 fully saturated rings. The van der Waals surface area contributed by atoms with Crippen LogP contribution in [0, 0.1) is 5.92 Å². The summed E-state index contributed by atoms with van der Waals surface area (Å²) in [5.41, 5.74) is 0. The van der Waals surface area contributed by atoms with Crippen LogP contribution in [0.15, 0.2) is 0 Å². The molecule has 106 valence electrons. The van der Waals surface area contributed by atoms with E-state index in [1.165, 1.54) is 0 Å². The Hall–Kier alpha value is -1.43. The normalized spacial score (nSPS) is 18.2. The number of carbonyl (C=O) groups is 1. The van der Waals surface area contributed by atoms with Crippen molar-refractivity contribution in [3.05, 3.63) is 11.6 Å². The maximum Gasteiger partial charge on any atom is 0.291 e. The van der Waals surface area contributed by atoms with Crippen LogP contribution in [0.25, 0.3) is 0 Å². The molecule has 0 spiro atoms. The molecule has 1 aromatic rings. The molecule has 1 amide bonds. The van der Waals surface area contributed by atoms with E-state index in [1.54, 1.807) is 0 Å². The maximum atomic E-state index is 12.0. The van der Waals surface area contributed by atoms with Crippen LogP contribution in [0.1, 0.15) is 49.6 Å². The first-order chi connectivity index (χ1) is 9.20. The second-order valence-corrected chi connectivity index (χ2v) is 5.07. The van der Waals surface area contributed by atoms with Crippen LogP contribution < -0.4 is 5.32 Å². The fraction of sp³-hybridized carbons (Fsp3) is 0.769. The molecule has 19 heavy (non-hydrogen) atoms. The average molecular weight is 266 g/mol. The number of aromatic nitrogens is 3. The summed E-state index contributed by atoms with van der Waals surface area (Å²) in [5.74, 6) is 1.29. The third-order valence-electron chi connectivity index (χ3n) is 3.55. The van der Waals surface area contributed by atoms with Crippen LogP contribution in [-0.4, -0.2) is 40.3 Å². The van der Waals surface area contributed by atoms with Gasteiger partial charge in [-0.3, -0.25) is 9.89 Å². The summed E-state index contributed by atoms with van der Waals surface area (Å²) in [6.07, 6.45) is 3.79. The van der Waals surface area contributed by atoms with E-state index in [0.717, 1.165) is 44.7 Å². The van der Waals surface area contributed by atoms with E-state index >= 15 is 0 Å². The fourth-order valence-electron chi connectivity index (χ4n) is 2.35. The number of nitrogens with zero attached hydrogens (tertiary/aromatic N) is 2. The minimum absolute atomic E-state index is 0.129. The Kier molecular flexibility index (Phi) is 4.90. The third-order valence-corrected chi connectivity index (χ3v) is 3.55. The number of amides is 1. The lowest BCUT2D eigenvalue weighted by molar-refractivity contribution is 0.0537. The number of carbonyl (C=O) groups excluding carboxylic acids is 1. The standard InChI is InChI=1S/C13H22N4O2/c1-3-4-11-15-12(17-16-11)13(18)14-9(2)10-5-7-19-8-6-10/h9-10H,3-8H2,1-2H3,(H,14,18)(H,15,16,17). The van der Waals surface area contributed by atoms with Gasteiger partial charge in [0.15, 0.2) is 0 Å². The van der Waals surface area contributed by atoms with Crippen molar-refractivity contribution in [1.82, 2.24) is 20.5 Å². The SMILES string of the molecule is CCCc1nc(C(=O)NC(C)C2CCOCC2)n[nH]1. The zero-order valence-electron chi connectivity index (χ0n) is 11.6. The van der Waals surface area contributed by atoms with Gasteiger partial charge in [0.1, 0.15) is 5.82 Å². The highest BCUT2D eigenvalue weighted by Crippen LogP contribution is 2.18. The molecule has 2 rings (SSSR count). The molecule has 6 nitrogen and oxygen atoms in total. The Morgan fingerprint density at radius 2 is 2.26 bits per heavy atom. The lowest BCUT2D eigenvalue weighted by Gasteiger charge is -2.27. The van der Waals surface area contributed by atoms with Gasteiger partial charge in [-0.15, -0.1) is 5.10 Å². The molecule has 2 heterocycles. The summed E-state index contributed by atoms with van der Waals surface area (Å²) in [5, 5.41) is 9.74. The Labute approximate surface area is 113 Å². The van der Waals surface area contributed by atoms with Crippen molar-refractivity contribution >= 4 is 5.91 Å². The van der Waals surface area contributed by atoms with E-state index in [9.17, 15) is 4.79 Å². The Balaban J connectivity index is 1.88. The monoisotopic (exact) mass is 266 g/mol. The fourth-order valence-corrected chi connectivity index (χ4v) is 2.35. The van der Waals surface area contributed by atoms with Gasteiger partial charge in [0, 0.05) is 25.7 Å². The smallest absolute Gasteiger partial charge is 0.291 e. The maximum absolute atomic E-state index is 12.0. The molecule has 0 saturated carbocycles. The first kappa shape index (κ1) is 14.0. The van der Waals surface area contributed by atoms with E-state index in [-0.39, 0.29) is 17.8 Å². The van der Waals surface area contributed by atoms with Crippen molar-refractivity contribution in [3.8, 4) is 0 Å². The van der Waals surface area contributed by atoms with Gasteiger partial charge in [0.25, 0.3) is 5.91 Å². The van der Waals surface area contributed by atoms with Crippen LogP contribution in [0.4, 0.5) is 0 Å². The summed E-state index contributed by atoms with van der Waals surface area (Å²) in [6, 6.07) is 0.129. The number of hydrogen-bond acceptors (Lipinski definition) is 4. The van der Waals surface area contributed by atoms with Crippen molar-refractivity contribution in [3.63, 3.8) is 0 Å². The van der Waals surface area contributed by atoms with E-state index in [4.69, 9.17) is 4.74 Å². The molecule has 0 radical (unpaired) electrons. The first-order valence-electron chi connectivity index (χ1n) is 7.00. The van der Waals surface area contributed by atoms with Gasteiger partial charge in [-0.25, -0.2) is 4.98 Å². The van der Waals surface area contributed by atoms with Crippen LogP contribution in [-0.2, 0) is 11.2 Å². The third kappa shape index (κ3) is 3.76. The number of H-pyrrole nitrogens is 1. The molecule has 6 heteroatoms. The molecule has 1 aliphatic heterocycles. The lowest BCUT2D eigenvalue weighted by Crippen LogP contribution is -2.40. The molecule has 1 atom stereocenters. The Bertz CT molecular complexity index is 413. The second-order valence-electron chi connectivity index (χ2n) is 5.07. The van der Waals surface area contributed by atoms with Crippen molar-refractivity contribution in [2.24, 2.45) is 5.92 Å². The van der Waals surface area contributed by atoms with E-state index in [0.29, 0.717) is 5.92 Å². The summed E-state index contributed by atoms with van der Waals surface area (Å²) in [4.78, 5) is 16.2. The average Bonchev–Trinajstić information content (AvgIpc) is 2.89. The number of rotatable bonds is 5. The molecule has 1 aromatic heterocycles. The molecule has 1 saturated heterocycles. The Morgan fingerprint density at radius 1 is 1.53 bits per heavy atom. The molecule has 2 N–H and O–H groups in total. The molecular weight excluding hydrogens is 244 g/mol. The van der Waals surface area contributed by atoms with Crippen LogP contribution in [0.3, 0.4) is 0 Å². The first-order valence-corrected chi connectivity index (χ1v) is 7.00. The van der Waals surface area contributed by atoms with E-state index < -0.39 is 0 Å². The Morgan fingerprint density at radius 3 is 2.95 bits per heavy atom.